The SMILES string of the molecule is CC(F)(F)C(=O)c1cc(Cl)c(Cl)c(Cl)c1. The third-order valence-corrected chi connectivity index (χ3v) is 2.84. The van der Waals surface area contributed by atoms with Crippen LogP contribution in [0, 0.1) is 0 Å². The minimum Gasteiger partial charge on any atom is -0.287 e. The lowest BCUT2D eigenvalue weighted by Gasteiger charge is -2.10. The van der Waals surface area contributed by atoms with Gasteiger partial charge in [0.1, 0.15) is 0 Å². The fourth-order valence-corrected chi connectivity index (χ4v) is 1.54. The van der Waals surface area contributed by atoms with Gasteiger partial charge in [0.05, 0.1) is 15.1 Å². The summed E-state index contributed by atoms with van der Waals surface area (Å²) in [5.74, 6) is -4.80. The molecule has 1 nitrogen and oxygen atoms in total. The number of carbonyl (C=O) groups is 1. The molecule has 0 unspecified atom stereocenters. The lowest BCUT2D eigenvalue weighted by Crippen LogP contribution is -2.24. The van der Waals surface area contributed by atoms with Crippen LogP contribution in [-0.2, 0) is 0 Å². The molecule has 0 saturated carbocycles. The Kier molecular flexibility index (Phi) is 3.59. The molecule has 0 saturated heterocycles. The van der Waals surface area contributed by atoms with Gasteiger partial charge in [-0.15, -0.1) is 0 Å². The van der Waals surface area contributed by atoms with E-state index < -0.39 is 11.7 Å². The number of carbonyl (C=O) groups excluding carboxylic acids is 1. The average molecular weight is 273 g/mol. The molecular weight excluding hydrogens is 268 g/mol. The van der Waals surface area contributed by atoms with E-state index >= 15 is 0 Å². The van der Waals surface area contributed by atoms with E-state index in [1.54, 1.807) is 0 Å². The van der Waals surface area contributed by atoms with Crippen molar-refractivity contribution in [2.75, 3.05) is 0 Å². The van der Waals surface area contributed by atoms with Crippen molar-refractivity contribution in [3.8, 4) is 0 Å². The second-order valence-electron chi connectivity index (χ2n) is 2.97. The van der Waals surface area contributed by atoms with E-state index in [9.17, 15) is 13.6 Å². The predicted octanol–water partition coefficient (Wildman–Crippen LogP) is 4.48. The first-order valence-electron chi connectivity index (χ1n) is 3.80. The van der Waals surface area contributed by atoms with Crippen LogP contribution >= 0.6 is 34.8 Å². The smallest absolute Gasteiger partial charge is 0.287 e. The zero-order valence-corrected chi connectivity index (χ0v) is 9.72. The fourth-order valence-electron chi connectivity index (χ4n) is 0.940. The number of alkyl halides is 2. The molecule has 0 atom stereocenters. The first kappa shape index (κ1) is 12.7. The van der Waals surface area contributed by atoms with E-state index in [1.165, 1.54) is 0 Å². The van der Waals surface area contributed by atoms with Gasteiger partial charge in [0.15, 0.2) is 0 Å². The molecule has 82 valence electrons. The van der Waals surface area contributed by atoms with E-state index in [4.69, 9.17) is 34.8 Å². The first-order valence-corrected chi connectivity index (χ1v) is 4.94. The van der Waals surface area contributed by atoms with Gasteiger partial charge in [-0.1, -0.05) is 34.8 Å². The Bertz CT molecular complexity index is 389. The Morgan fingerprint density at radius 3 is 1.93 bits per heavy atom. The van der Waals surface area contributed by atoms with Crippen molar-refractivity contribution in [3.05, 3.63) is 32.8 Å². The Morgan fingerprint density at radius 1 is 1.20 bits per heavy atom. The maximum absolute atomic E-state index is 12.7. The highest BCUT2D eigenvalue weighted by Gasteiger charge is 2.33. The predicted molar refractivity (Wildman–Crippen MR) is 56.4 cm³/mol. The highest BCUT2D eigenvalue weighted by atomic mass is 35.5. The van der Waals surface area contributed by atoms with Gasteiger partial charge in [0, 0.05) is 12.5 Å². The van der Waals surface area contributed by atoms with Crippen molar-refractivity contribution in [2.24, 2.45) is 0 Å². The number of ketones is 1. The van der Waals surface area contributed by atoms with Crippen LogP contribution in [0.15, 0.2) is 12.1 Å². The monoisotopic (exact) mass is 272 g/mol. The summed E-state index contributed by atoms with van der Waals surface area (Å²) in [5, 5.41) is -0.0252. The number of halogens is 5. The molecular formula is C9H5Cl3F2O. The minimum atomic E-state index is -3.46. The minimum absolute atomic E-state index is 0.0308. The van der Waals surface area contributed by atoms with E-state index in [2.05, 4.69) is 0 Å². The molecule has 0 heterocycles. The molecule has 0 N–H and O–H groups in total. The van der Waals surface area contributed by atoms with Gasteiger partial charge in [-0.3, -0.25) is 4.79 Å². The van der Waals surface area contributed by atoms with Crippen molar-refractivity contribution in [3.63, 3.8) is 0 Å². The summed E-state index contributed by atoms with van der Waals surface area (Å²) < 4.78 is 25.4. The van der Waals surface area contributed by atoms with Gasteiger partial charge in [0.25, 0.3) is 0 Å². The summed E-state index contributed by atoms with van der Waals surface area (Å²) in [5.41, 5.74) is -0.262. The van der Waals surface area contributed by atoms with Crippen LogP contribution in [-0.4, -0.2) is 11.7 Å². The molecule has 0 aliphatic heterocycles. The summed E-state index contributed by atoms with van der Waals surface area (Å²) in [7, 11) is 0. The molecule has 0 radical (unpaired) electrons. The van der Waals surface area contributed by atoms with Crippen LogP contribution in [0.3, 0.4) is 0 Å². The number of rotatable bonds is 2. The molecule has 1 rings (SSSR count). The highest BCUT2D eigenvalue weighted by Crippen LogP contribution is 2.32. The topological polar surface area (TPSA) is 17.1 Å². The van der Waals surface area contributed by atoms with Crippen LogP contribution < -0.4 is 0 Å². The number of hydrogen-bond acceptors (Lipinski definition) is 1. The molecule has 0 spiro atoms. The zero-order valence-electron chi connectivity index (χ0n) is 7.45. The Hall–Kier alpha value is -0.380. The van der Waals surface area contributed by atoms with Gasteiger partial charge in [-0.05, 0) is 12.1 Å². The number of hydrogen-bond donors (Lipinski definition) is 0. The standard InChI is InChI=1S/C9H5Cl3F2O/c1-9(13,14)8(15)4-2-5(10)7(12)6(11)3-4/h2-3H,1H3. The zero-order chi connectivity index (χ0) is 11.8. The summed E-state index contributed by atoms with van der Waals surface area (Å²) in [6, 6.07) is 2.13. The van der Waals surface area contributed by atoms with E-state index in [-0.39, 0.29) is 20.6 Å². The maximum Gasteiger partial charge on any atom is 0.307 e. The van der Waals surface area contributed by atoms with Crippen molar-refractivity contribution in [1.82, 2.24) is 0 Å². The van der Waals surface area contributed by atoms with Gasteiger partial charge in [-0.2, -0.15) is 8.78 Å². The molecule has 15 heavy (non-hydrogen) atoms. The number of benzene rings is 1. The molecule has 0 aliphatic rings. The molecule has 0 bridgehead atoms. The quantitative estimate of drug-likeness (QED) is 0.573. The lowest BCUT2D eigenvalue weighted by atomic mass is 10.1. The number of Topliss-reactive ketones (excluding diaryl/α,β-unsaturated/α-hetero) is 1. The van der Waals surface area contributed by atoms with E-state index in [0.717, 1.165) is 12.1 Å². The third-order valence-electron chi connectivity index (χ3n) is 1.64. The van der Waals surface area contributed by atoms with Crippen molar-refractivity contribution >= 4 is 40.6 Å². The van der Waals surface area contributed by atoms with Crippen molar-refractivity contribution in [1.29, 1.82) is 0 Å². The third kappa shape index (κ3) is 2.80. The van der Waals surface area contributed by atoms with Crippen LogP contribution in [0.2, 0.25) is 15.1 Å². The van der Waals surface area contributed by atoms with Crippen LogP contribution in [0.1, 0.15) is 17.3 Å². The molecule has 0 aliphatic carbocycles. The molecule has 0 amide bonds. The normalized spacial score (nSPS) is 11.6. The lowest BCUT2D eigenvalue weighted by molar-refractivity contribution is 0.0221. The largest absolute Gasteiger partial charge is 0.307 e. The van der Waals surface area contributed by atoms with Crippen molar-refractivity contribution in [2.45, 2.75) is 12.8 Å². The Labute approximate surface area is 99.9 Å². The Balaban J connectivity index is 3.24. The van der Waals surface area contributed by atoms with Gasteiger partial charge in [-0.25, -0.2) is 0 Å². The summed E-state index contributed by atoms with van der Waals surface area (Å²) in [6.07, 6.45) is 0. The van der Waals surface area contributed by atoms with E-state index in [0.29, 0.717) is 6.92 Å². The summed E-state index contributed by atoms with van der Waals surface area (Å²) in [6.45, 7) is 0.506. The van der Waals surface area contributed by atoms with Crippen LogP contribution in [0.4, 0.5) is 8.78 Å². The average Bonchev–Trinajstić information content (AvgIpc) is 2.10. The summed E-state index contributed by atoms with van der Waals surface area (Å²) >= 11 is 16.8. The molecule has 0 aromatic heterocycles. The van der Waals surface area contributed by atoms with Gasteiger partial charge in [0.2, 0.25) is 5.78 Å². The first-order chi connectivity index (χ1) is 6.73. The second-order valence-corrected chi connectivity index (χ2v) is 4.16. The maximum atomic E-state index is 12.7. The van der Waals surface area contributed by atoms with Crippen LogP contribution in [0.5, 0.6) is 0 Å². The van der Waals surface area contributed by atoms with Crippen LogP contribution in [0.25, 0.3) is 0 Å². The molecule has 1 aromatic rings. The second kappa shape index (κ2) is 4.24. The summed E-state index contributed by atoms with van der Waals surface area (Å²) in [4.78, 5) is 11.2. The fraction of sp³-hybridized carbons (Fsp3) is 0.222. The van der Waals surface area contributed by atoms with E-state index in [1.807, 2.05) is 0 Å². The molecule has 1 aromatic carbocycles. The van der Waals surface area contributed by atoms with Gasteiger partial charge >= 0.3 is 5.92 Å². The molecule has 0 fully saturated rings. The highest BCUT2D eigenvalue weighted by molar-refractivity contribution is 6.48. The Morgan fingerprint density at radius 2 is 1.60 bits per heavy atom. The van der Waals surface area contributed by atoms with Crippen molar-refractivity contribution < 1.29 is 13.6 Å². The molecule has 6 heteroatoms. The van der Waals surface area contributed by atoms with Gasteiger partial charge < -0.3 is 0 Å².